The van der Waals surface area contributed by atoms with Crippen molar-refractivity contribution >= 4 is 35.0 Å². The maximum atomic E-state index is 13.7. The molecule has 4 amide bonds. The van der Waals surface area contributed by atoms with Crippen LogP contribution in [-0.4, -0.2) is 63.6 Å². The zero-order valence-electron chi connectivity index (χ0n) is 29.4. The quantitative estimate of drug-likeness (QED) is 0.140. The summed E-state index contributed by atoms with van der Waals surface area (Å²) in [6, 6.07) is 18.4. The molecule has 3 heterocycles. The summed E-state index contributed by atoms with van der Waals surface area (Å²) in [5, 5.41) is 5.67. The molecule has 5 aromatic rings. The molecule has 2 saturated heterocycles. The lowest BCUT2D eigenvalue weighted by molar-refractivity contribution is -0.117. The molecule has 2 aliphatic rings. The van der Waals surface area contributed by atoms with Gasteiger partial charge in [0.15, 0.2) is 5.76 Å². The van der Waals surface area contributed by atoms with Gasteiger partial charge >= 0.3 is 0 Å². The van der Waals surface area contributed by atoms with Gasteiger partial charge < -0.3 is 24.9 Å². The number of halogens is 4. The number of carbonyl (C=O) groups excluding carboxylic acids is 4. The van der Waals surface area contributed by atoms with Crippen molar-refractivity contribution in [3.63, 3.8) is 0 Å². The first-order valence-electron chi connectivity index (χ1n) is 17.8. The molecule has 0 saturated carbocycles. The number of rotatable bonds is 10. The predicted octanol–water partition coefficient (Wildman–Crippen LogP) is 7.83. The number of benzene rings is 4. The van der Waals surface area contributed by atoms with E-state index in [2.05, 4.69) is 15.6 Å². The number of oxazole rings is 1. The highest BCUT2D eigenvalue weighted by Crippen LogP contribution is 2.29. The van der Waals surface area contributed by atoms with Gasteiger partial charge in [-0.3, -0.25) is 19.2 Å². The number of anilines is 2. The van der Waals surface area contributed by atoms with Crippen LogP contribution in [0.25, 0.3) is 22.8 Å². The first kappa shape index (κ1) is 37.0. The standard InChI is InChI=1S/C41H35F4N5O5/c42-28-15-26(16-29(43)19-28)40(53)49-13-1-3-34(49)21-37(51)47-32-9-5-24(6-10-32)36-23-46-39(55-36)25-7-11-33(12-8-25)48-38(52)22-35-4-2-14-50(35)41(54)27-17-30(44)20-31(45)18-27/h5-12,15-20,23,34-35H,1-4,13-14,21-22H2,(H,47,51)(H,48,52)/t34-,35-/m0/s1. The lowest BCUT2D eigenvalue weighted by atomic mass is 10.1. The maximum Gasteiger partial charge on any atom is 0.254 e. The van der Waals surface area contributed by atoms with Crippen LogP contribution in [0.4, 0.5) is 28.9 Å². The molecule has 2 N–H and O–H groups in total. The predicted molar refractivity (Wildman–Crippen MR) is 195 cm³/mol. The van der Waals surface area contributed by atoms with E-state index in [9.17, 15) is 36.7 Å². The third-order valence-electron chi connectivity index (χ3n) is 9.71. The summed E-state index contributed by atoms with van der Waals surface area (Å²) in [5.41, 5.74) is 2.23. The minimum absolute atomic E-state index is 0.0261. The van der Waals surface area contributed by atoms with E-state index in [0.717, 1.165) is 24.3 Å². The van der Waals surface area contributed by atoms with E-state index in [1.54, 1.807) is 54.7 Å². The molecule has 0 unspecified atom stereocenters. The Morgan fingerprint density at radius 2 is 1.04 bits per heavy atom. The van der Waals surface area contributed by atoms with Crippen LogP contribution in [0.15, 0.2) is 95.5 Å². The van der Waals surface area contributed by atoms with Gasteiger partial charge in [0.1, 0.15) is 23.3 Å². The SMILES string of the molecule is O=C(C[C@@H]1CCCN1C(=O)c1cc(F)cc(F)c1)Nc1ccc(-c2cnc(-c3ccc(NC(=O)C[C@@H]4CCCN4C(=O)c4cc(F)cc(F)c4)cc3)o2)cc1. The van der Waals surface area contributed by atoms with Crippen LogP contribution in [0.1, 0.15) is 59.2 Å². The number of amides is 4. The van der Waals surface area contributed by atoms with E-state index >= 15 is 0 Å². The highest BCUT2D eigenvalue weighted by atomic mass is 19.1. The van der Waals surface area contributed by atoms with Crippen molar-refractivity contribution in [1.29, 1.82) is 0 Å². The zero-order chi connectivity index (χ0) is 38.6. The molecule has 14 heteroatoms. The topological polar surface area (TPSA) is 125 Å². The Morgan fingerprint density at radius 3 is 1.47 bits per heavy atom. The van der Waals surface area contributed by atoms with Crippen LogP contribution in [0.5, 0.6) is 0 Å². The summed E-state index contributed by atoms with van der Waals surface area (Å²) in [6.07, 6.45) is 4.15. The molecule has 2 fully saturated rings. The smallest absolute Gasteiger partial charge is 0.254 e. The number of likely N-dealkylation sites (tertiary alicyclic amines) is 2. The molecule has 2 atom stereocenters. The molecule has 0 spiro atoms. The molecule has 282 valence electrons. The summed E-state index contributed by atoms with van der Waals surface area (Å²) >= 11 is 0. The van der Waals surface area contributed by atoms with Gasteiger partial charge in [-0.05, 0) is 98.5 Å². The molecule has 4 aromatic carbocycles. The van der Waals surface area contributed by atoms with Crippen LogP contribution in [-0.2, 0) is 9.59 Å². The Balaban J connectivity index is 0.907. The van der Waals surface area contributed by atoms with Gasteiger partial charge in [-0.15, -0.1) is 0 Å². The van der Waals surface area contributed by atoms with Gasteiger partial charge in [0.05, 0.1) is 6.20 Å². The van der Waals surface area contributed by atoms with Gasteiger partial charge in [-0.25, -0.2) is 22.5 Å². The largest absolute Gasteiger partial charge is 0.436 e. The molecule has 0 aliphatic carbocycles. The number of hydrogen-bond acceptors (Lipinski definition) is 6. The Labute approximate surface area is 313 Å². The van der Waals surface area contributed by atoms with E-state index < -0.39 is 47.2 Å². The van der Waals surface area contributed by atoms with Crippen molar-refractivity contribution in [2.45, 2.75) is 50.6 Å². The molecule has 7 rings (SSSR count). The molecule has 0 radical (unpaired) electrons. The highest BCUT2D eigenvalue weighted by Gasteiger charge is 2.33. The lowest BCUT2D eigenvalue weighted by Gasteiger charge is -2.24. The highest BCUT2D eigenvalue weighted by molar-refractivity contribution is 5.97. The minimum Gasteiger partial charge on any atom is -0.436 e. The molecular weight excluding hydrogens is 718 g/mol. The molecule has 0 bridgehead atoms. The van der Waals surface area contributed by atoms with E-state index in [-0.39, 0.29) is 35.8 Å². The number of carbonyl (C=O) groups is 4. The number of aromatic nitrogens is 1. The summed E-state index contributed by atoms with van der Waals surface area (Å²) in [4.78, 5) is 59.1. The molecular formula is C41H35F4N5O5. The van der Waals surface area contributed by atoms with Crippen molar-refractivity contribution in [3.05, 3.63) is 126 Å². The molecule has 10 nitrogen and oxygen atoms in total. The molecule has 55 heavy (non-hydrogen) atoms. The number of nitrogens with one attached hydrogen (secondary N) is 2. The molecule has 2 aliphatic heterocycles. The second-order valence-corrected chi connectivity index (χ2v) is 13.6. The monoisotopic (exact) mass is 753 g/mol. The van der Waals surface area contributed by atoms with Crippen LogP contribution in [0.3, 0.4) is 0 Å². The van der Waals surface area contributed by atoms with Gasteiger partial charge in [-0.2, -0.15) is 0 Å². The second kappa shape index (κ2) is 16.0. The van der Waals surface area contributed by atoms with Gasteiger partial charge in [0.2, 0.25) is 17.7 Å². The van der Waals surface area contributed by atoms with Crippen LogP contribution < -0.4 is 10.6 Å². The second-order valence-electron chi connectivity index (χ2n) is 13.6. The van der Waals surface area contributed by atoms with Crippen LogP contribution >= 0.6 is 0 Å². The molecule has 1 aromatic heterocycles. The number of hydrogen-bond donors (Lipinski definition) is 2. The normalized spacial score (nSPS) is 16.7. The van der Waals surface area contributed by atoms with Crippen molar-refractivity contribution in [3.8, 4) is 22.8 Å². The zero-order valence-corrected chi connectivity index (χ0v) is 29.4. The van der Waals surface area contributed by atoms with Crippen LogP contribution in [0.2, 0.25) is 0 Å². The fourth-order valence-corrected chi connectivity index (χ4v) is 7.12. The number of nitrogens with zero attached hydrogens (tertiary/aromatic N) is 3. The van der Waals surface area contributed by atoms with E-state index in [1.807, 2.05) is 0 Å². The Bertz CT molecular complexity index is 2050. The Kier molecular flexibility index (Phi) is 10.7. The summed E-state index contributed by atoms with van der Waals surface area (Å²) in [5.74, 6) is -4.19. The third-order valence-corrected chi connectivity index (χ3v) is 9.71. The third kappa shape index (κ3) is 8.75. The summed E-state index contributed by atoms with van der Waals surface area (Å²) in [7, 11) is 0. The van der Waals surface area contributed by atoms with Gasteiger partial charge in [0.25, 0.3) is 11.8 Å². The first-order valence-corrected chi connectivity index (χ1v) is 17.8. The average molecular weight is 754 g/mol. The van der Waals surface area contributed by atoms with Crippen molar-refractivity contribution in [2.24, 2.45) is 0 Å². The fraction of sp³-hybridized carbons (Fsp3) is 0.244. The summed E-state index contributed by atoms with van der Waals surface area (Å²) in [6.45, 7) is 0.776. The van der Waals surface area contributed by atoms with E-state index in [1.165, 1.54) is 9.80 Å². The Morgan fingerprint density at radius 1 is 0.618 bits per heavy atom. The first-order chi connectivity index (χ1) is 26.5. The fourth-order valence-electron chi connectivity index (χ4n) is 7.12. The van der Waals surface area contributed by atoms with Gasteiger partial charge in [0, 0.05) is 83.8 Å². The van der Waals surface area contributed by atoms with Crippen molar-refractivity contribution in [2.75, 3.05) is 23.7 Å². The van der Waals surface area contributed by atoms with Crippen LogP contribution in [0, 0.1) is 23.3 Å². The Hall–Kier alpha value is -6.31. The maximum absolute atomic E-state index is 13.7. The van der Waals surface area contributed by atoms with E-state index in [0.29, 0.717) is 85.1 Å². The minimum atomic E-state index is -0.842. The van der Waals surface area contributed by atoms with Crippen molar-refractivity contribution in [1.82, 2.24) is 14.8 Å². The van der Waals surface area contributed by atoms with E-state index in [4.69, 9.17) is 4.42 Å². The van der Waals surface area contributed by atoms with Gasteiger partial charge in [-0.1, -0.05) is 0 Å². The van der Waals surface area contributed by atoms with Crippen molar-refractivity contribution < 1.29 is 41.2 Å². The summed E-state index contributed by atoms with van der Waals surface area (Å²) < 4.78 is 60.8. The lowest BCUT2D eigenvalue weighted by Crippen LogP contribution is -2.37. The average Bonchev–Trinajstić information content (AvgIpc) is 3.93.